The maximum absolute atomic E-state index is 12.4. The molecule has 2 aromatic rings. The van der Waals surface area contributed by atoms with E-state index >= 15 is 0 Å². The van der Waals surface area contributed by atoms with Crippen molar-refractivity contribution in [1.29, 1.82) is 0 Å². The van der Waals surface area contributed by atoms with Crippen LogP contribution in [0.3, 0.4) is 0 Å². The van der Waals surface area contributed by atoms with Crippen LogP contribution in [-0.4, -0.2) is 26.7 Å². The SMILES string of the molecule is NC(/C=C\Nc1ccncc1)=NC(=O)C1(c2cnccn2)CC1. The van der Waals surface area contributed by atoms with Crippen molar-refractivity contribution >= 4 is 17.4 Å². The molecule has 1 fully saturated rings. The first-order valence-electron chi connectivity index (χ1n) is 7.19. The standard InChI is InChI=1S/C16H16N6O/c17-14(3-8-20-12-1-6-18-7-2-12)22-15(23)16(4-5-16)13-11-19-9-10-21-13/h1-3,6-11H,4-5H2,(H,18,20)(H2,17,22,23)/b8-3-. The van der Waals surface area contributed by atoms with E-state index in [-0.39, 0.29) is 11.7 Å². The fourth-order valence-corrected chi connectivity index (χ4v) is 2.18. The number of aromatic nitrogens is 3. The first kappa shape index (κ1) is 14.8. The molecule has 0 atom stereocenters. The molecule has 0 spiro atoms. The highest BCUT2D eigenvalue weighted by Crippen LogP contribution is 2.48. The number of hydrogen-bond donors (Lipinski definition) is 2. The molecule has 2 heterocycles. The molecular formula is C16H16N6O. The lowest BCUT2D eigenvalue weighted by molar-refractivity contribution is -0.120. The number of nitrogens with zero attached hydrogens (tertiary/aromatic N) is 4. The van der Waals surface area contributed by atoms with Gasteiger partial charge in [-0.1, -0.05) is 0 Å². The molecule has 0 radical (unpaired) electrons. The predicted molar refractivity (Wildman–Crippen MR) is 86.6 cm³/mol. The summed E-state index contributed by atoms with van der Waals surface area (Å²) in [5, 5.41) is 3.02. The zero-order valence-corrected chi connectivity index (χ0v) is 12.4. The van der Waals surface area contributed by atoms with Crippen molar-refractivity contribution < 1.29 is 4.79 Å². The summed E-state index contributed by atoms with van der Waals surface area (Å²) in [6, 6.07) is 3.63. The molecule has 3 rings (SSSR count). The molecule has 116 valence electrons. The number of amidine groups is 1. The molecular weight excluding hydrogens is 292 g/mol. The Morgan fingerprint density at radius 3 is 2.65 bits per heavy atom. The van der Waals surface area contributed by atoms with E-state index in [2.05, 4.69) is 25.3 Å². The zero-order chi connectivity index (χ0) is 16.1. The second-order valence-electron chi connectivity index (χ2n) is 5.23. The van der Waals surface area contributed by atoms with Crippen LogP contribution in [0.25, 0.3) is 0 Å². The minimum absolute atomic E-state index is 0.145. The number of carbonyl (C=O) groups is 1. The monoisotopic (exact) mass is 308 g/mol. The summed E-state index contributed by atoms with van der Waals surface area (Å²) in [6.45, 7) is 0. The molecule has 0 aliphatic heterocycles. The molecule has 2 aromatic heterocycles. The second-order valence-corrected chi connectivity index (χ2v) is 5.23. The lowest BCUT2D eigenvalue weighted by Crippen LogP contribution is -2.23. The topological polar surface area (TPSA) is 106 Å². The third-order valence-corrected chi connectivity index (χ3v) is 3.63. The minimum atomic E-state index is -0.648. The predicted octanol–water partition coefficient (Wildman–Crippen LogP) is 1.41. The number of hydrogen-bond acceptors (Lipinski definition) is 5. The number of carbonyl (C=O) groups excluding carboxylic acids is 1. The van der Waals surface area contributed by atoms with Crippen LogP contribution in [0.1, 0.15) is 18.5 Å². The molecule has 1 saturated carbocycles. The quantitative estimate of drug-likeness (QED) is 0.639. The van der Waals surface area contributed by atoms with Gasteiger partial charge in [-0.25, -0.2) is 0 Å². The van der Waals surface area contributed by atoms with E-state index in [9.17, 15) is 4.79 Å². The molecule has 3 N–H and O–H groups in total. The molecule has 0 bridgehead atoms. The maximum atomic E-state index is 12.4. The van der Waals surface area contributed by atoms with Gasteiger partial charge >= 0.3 is 0 Å². The Kier molecular flexibility index (Phi) is 4.09. The summed E-state index contributed by atoms with van der Waals surface area (Å²) in [7, 11) is 0. The smallest absolute Gasteiger partial charge is 0.259 e. The molecule has 1 amide bonds. The van der Waals surface area contributed by atoms with Gasteiger partial charge < -0.3 is 11.1 Å². The molecule has 1 aliphatic carbocycles. The largest absolute Gasteiger partial charge is 0.384 e. The van der Waals surface area contributed by atoms with Gasteiger partial charge in [-0.05, 0) is 31.1 Å². The summed E-state index contributed by atoms with van der Waals surface area (Å²) >= 11 is 0. The second kappa shape index (κ2) is 6.35. The number of nitrogens with two attached hydrogens (primary N) is 1. The van der Waals surface area contributed by atoms with E-state index in [0.29, 0.717) is 5.69 Å². The molecule has 23 heavy (non-hydrogen) atoms. The molecule has 0 saturated heterocycles. The fraction of sp³-hybridized carbons (Fsp3) is 0.188. The number of aliphatic imine (C=N–C) groups is 1. The first-order valence-corrected chi connectivity index (χ1v) is 7.19. The fourth-order valence-electron chi connectivity index (χ4n) is 2.18. The third kappa shape index (κ3) is 3.39. The Labute approximate surface area is 133 Å². The van der Waals surface area contributed by atoms with E-state index in [1.165, 1.54) is 0 Å². The Morgan fingerprint density at radius 1 is 1.22 bits per heavy atom. The number of anilines is 1. The normalized spacial score (nSPS) is 16.3. The van der Waals surface area contributed by atoms with Crippen LogP contribution in [0.2, 0.25) is 0 Å². The highest BCUT2D eigenvalue weighted by Gasteiger charge is 2.53. The summed E-state index contributed by atoms with van der Waals surface area (Å²) in [5.74, 6) is -0.129. The number of rotatable bonds is 5. The van der Waals surface area contributed by atoms with Crippen molar-refractivity contribution in [2.45, 2.75) is 18.3 Å². The highest BCUT2D eigenvalue weighted by atomic mass is 16.1. The van der Waals surface area contributed by atoms with Gasteiger partial charge in [0.25, 0.3) is 5.91 Å². The van der Waals surface area contributed by atoms with Crippen molar-refractivity contribution in [1.82, 2.24) is 15.0 Å². The van der Waals surface area contributed by atoms with Gasteiger partial charge in [0, 0.05) is 42.9 Å². The van der Waals surface area contributed by atoms with E-state index in [4.69, 9.17) is 5.73 Å². The van der Waals surface area contributed by atoms with Gasteiger partial charge in [0.05, 0.1) is 11.1 Å². The van der Waals surface area contributed by atoms with E-state index < -0.39 is 5.41 Å². The van der Waals surface area contributed by atoms with Gasteiger partial charge in [-0.15, -0.1) is 0 Å². The number of nitrogens with one attached hydrogen (secondary N) is 1. The highest BCUT2D eigenvalue weighted by molar-refractivity contribution is 6.04. The van der Waals surface area contributed by atoms with Crippen molar-refractivity contribution in [3.05, 3.63) is 61.1 Å². The minimum Gasteiger partial charge on any atom is -0.384 e. The van der Waals surface area contributed by atoms with Gasteiger partial charge in [-0.3, -0.25) is 19.7 Å². The van der Waals surface area contributed by atoms with Crippen LogP contribution < -0.4 is 11.1 Å². The Bertz CT molecular complexity index is 738. The van der Waals surface area contributed by atoms with E-state index in [0.717, 1.165) is 18.5 Å². The average molecular weight is 308 g/mol. The molecule has 0 unspecified atom stereocenters. The lowest BCUT2D eigenvalue weighted by Gasteiger charge is -2.09. The molecule has 7 heteroatoms. The first-order chi connectivity index (χ1) is 11.2. The Hall–Kier alpha value is -3.09. The van der Waals surface area contributed by atoms with Crippen LogP contribution in [0.15, 0.2) is 60.4 Å². The van der Waals surface area contributed by atoms with Crippen LogP contribution in [0, 0.1) is 0 Å². The maximum Gasteiger partial charge on any atom is 0.259 e. The van der Waals surface area contributed by atoms with E-state index in [1.807, 2.05) is 12.1 Å². The summed E-state index contributed by atoms with van der Waals surface area (Å²) < 4.78 is 0. The van der Waals surface area contributed by atoms with Gasteiger partial charge in [-0.2, -0.15) is 4.99 Å². The summed E-state index contributed by atoms with van der Waals surface area (Å²) in [5.41, 5.74) is 6.67. The zero-order valence-electron chi connectivity index (χ0n) is 12.4. The number of amides is 1. The molecule has 7 nitrogen and oxygen atoms in total. The molecule has 0 aromatic carbocycles. The van der Waals surface area contributed by atoms with Gasteiger partial charge in [0.2, 0.25) is 0 Å². The molecule has 1 aliphatic rings. The van der Waals surface area contributed by atoms with E-state index in [1.54, 1.807) is 43.3 Å². The van der Waals surface area contributed by atoms with Crippen molar-refractivity contribution in [2.75, 3.05) is 5.32 Å². The van der Waals surface area contributed by atoms with Gasteiger partial charge in [0.15, 0.2) is 0 Å². The summed E-state index contributed by atoms with van der Waals surface area (Å²) in [4.78, 5) is 28.5. The van der Waals surface area contributed by atoms with Crippen LogP contribution in [-0.2, 0) is 10.2 Å². The van der Waals surface area contributed by atoms with Gasteiger partial charge in [0.1, 0.15) is 5.84 Å². The Balaban J connectivity index is 1.65. The van der Waals surface area contributed by atoms with Crippen molar-refractivity contribution in [3.63, 3.8) is 0 Å². The van der Waals surface area contributed by atoms with Crippen LogP contribution in [0.5, 0.6) is 0 Å². The average Bonchev–Trinajstić information content (AvgIpc) is 3.38. The third-order valence-electron chi connectivity index (χ3n) is 3.63. The van der Waals surface area contributed by atoms with Crippen molar-refractivity contribution in [2.24, 2.45) is 10.7 Å². The van der Waals surface area contributed by atoms with Crippen LogP contribution in [0.4, 0.5) is 5.69 Å². The lowest BCUT2D eigenvalue weighted by atomic mass is 10.0. The summed E-state index contributed by atoms with van der Waals surface area (Å²) in [6.07, 6.45) is 12.7. The van der Waals surface area contributed by atoms with Crippen molar-refractivity contribution in [3.8, 4) is 0 Å². The number of pyridine rings is 1. The Morgan fingerprint density at radius 2 is 2.00 bits per heavy atom. The van der Waals surface area contributed by atoms with Crippen LogP contribution >= 0.6 is 0 Å².